The summed E-state index contributed by atoms with van der Waals surface area (Å²) in [5.74, 6) is -0.135. The van der Waals surface area contributed by atoms with Crippen molar-refractivity contribution in [2.45, 2.75) is 0 Å². The van der Waals surface area contributed by atoms with E-state index in [1.807, 2.05) is 24.3 Å². The zero-order chi connectivity index (χ0) is 16.4. The Morgan fingerprint density at radius 3 is 2.52 bits per heavy atom. The summed E-state index contributed by atoms with van der Waals surface area (Å²) in [6, 6.07) is 14.4. The van der Waals surface area contributed by atoms with Crippen LogP contribution < -0.4 is 0 Å². The highest BCUT2D eigenvalue weighted by atomic mass is 16.6. The number of phenolic OH excluding ortho intramolecular Hbond substituents is 2. The average molecular weight is 308 g/mol. The van der Waals surface area contributed by atoms with Crippen molar-refractivity contribution < 1.29 is 15.1 Å². The lowest BCUT2D eigenvalue weighted by Gasteiger charge is -2.05. The third kappa shape index (κ3) is 2.82. The first-order valence-corrected chi connectivity index (χ1v) is 6.78. The van der Waals surface area contributed by atoms with Crippen LogP contribution in [0.25, 0.3) is 10.8 Å². The number of aliphatic imine (C=N–C) groups is 1. The van der Waals surface area contributed by atoms with Gasteiger partial charge in [0.25, 0.3) is 5.69 Å². The van der Waals surface area contributed by atoms with E-state index in [2.05, 4.69) is 4.99 Å². The molecule has 2 N–H and O–H groups in total. The number of hydrogen-bond donors (Lipinski definition) is 2. The third-order valence-electron chi connectivity index (χ3n) is 3.45. The van der Waals surface area contributed by atoms with Crippen molar-refractivity contribution in [3.8, 4) is 11.5 Å². The summed E-state index contributed by atoms with van der Waals surface area (Å²) in [4.78, 5) is 14.3. The van der Waals surface area contributed by atoms with E-state index in [1.165, 1.54) is 24.4 Å². The lowest BCUT2D eigenvalue weighted by Crippen LogP contribution is -1.88. The predicted molar refractivity (Wildman–Crippen MR) is 87.6 cm³/mol. The van der Waals surface area contributed by atoms with Gasteiger partial charge in [-0.2, -0.15) is 0 Å². The summed E-state index contributed by atoms with van der Waals surface area (Å²) in [6.07, 6.45) is 1.39. The molecule has 3 rings (SSSR count). The summed E-state index contributed by atoms with van der Waals surface area (Å²) in [7, 11) is 0. The number of fused-ring (bicyclic) bond motifs is 1. The van der Waals surface area contributed by atoms with Crippen molar-refractivity contribution in [3.63, 3.8) is 0 Å². The highest BCUT2D eigenvalue weighted by Crippen LogP contribution is 2.31. The first-order chi connectivity index (χ1) is 11.1. The monoisotopic (exact) mass is 308 g/mol. The molecule has 0 heterocycles. The molecule has 0 unspecified atom stereocenters. The molecule has 6 nitrogen and oxygen atoms in total. The molecule has 0 saturated carbocycles. The number of non-ortho nitro benzene ring substituents is 1. The van der Waals surface area contributed by atoms with Gasteiger partial charge < -0.3 is 10.2 Å². The van der Waals surface area contributed by atoms with Gasteiger partial charge in [-0.05, 0) is 22.9 Å². The molecule has 0 atom stereocenters. The maximum atomic E-state index is 10.8. The van der Waals surface area contributed by atoms with Gasteiger partial charge in [0.2, 0.25) is 0 Å². The first kappa shape index (κ1) is 14.5. The van der Waals surface area contributed by atoms with Gasteiger partial charge in [0, 0.05) is 23.9 Å². The number of rotatable bonds is 3. The van der Waals surface area contributed by atoms with E-state index in [0.29, 0.717) is 5.56 Å². The van der Waals surface area contributed by atoms with Gasteiger partial charge in [0.05, 0.1) is 4.92 Å². The molecule has 114 valence electrons. The Balaban J connectivity index is 2.09. The number of nitro groups is 1. The minimum absolute atomic E-state index is 0.0392. The molecule has 3 aromatic rings. The Kier molecular flexibility index (Phi) is 3.64. The molecule has 0 aromatic heterocycles. The standard InChI is InChI=1S/C17H12N2O4/c20-16-7-5-11-3-1-2-4-13(11)14(16)10-18-15-9-12(19(22)23)6-8-17(15)21/h1-10,20-21H. The largest absolute Gasteiger partial charge is 0.507 e. The number of aromatic hydroxyl groups is 2. The van der Waals surface area contributed by atoms with Crippen molar-refractivity contribution in [1.29, 1.82) is 0 Å². The number of phenols is 2. The predicted octanol–water partition coefficient (Wildman–Crippen LogP) is 3.91. The second-order valence-electron chi connectivity index (χ2n) is 4.91. The highest BCUT2D eigenvalue weighted by Gasteiger charge is 2.10. The fraction of sp³-hybridized carbons (Fsp3) is 0. The summed E-state index contributed by atoms with van der Waals surface area (Å²) in [5.41, 5.74) is 0.373. The normalized spacial score (nSPS) is 11.1. The van der Waals surface area contributed by atoms with Gasteiger partial charge >= 0.3 is 0 Å². The van der Waals surface area contributed by atoms with Crippen LogP contribution in [0, 0.1) is 10.1 Å². The van der Waals surface area contributed by atoms with Crippen LogP contribution in [0.5, 0.6) is 11.5 Å². The maximum Gasteiger partial charge on any atom is 0.271 e. The van der Waals surface area contributed by atoms with Crippen LogP contribution in [0.1, 0.15) is 5.56 Å². The molecular weight excluding hydrogens is 296 g/mol. The van der Waals surface area contributed by atoms with E-state index in [0.717, 1.165) is 10.8 Å². The quantitative estimate of drug-likeness (QED) is 0.435. The molecule has 0 amide bonds. The average Bonchev–Trinajstić information content (AvgIpc) is 2.55. The molecule has 0 spiro atoms. The van der Waals surface area contributed by atoms with Gasteiger partial charge in [-0.1, -0.05) is 30.3 Å². The molecule has 3 aromatic carbocycles. The van der Waals surface area contributed by atoms with Crippen LogP contribution in [0.2, 0.25) is 0 Å². The van der Waals surface area contributed by atoms with Gasteiger partial charge in [0.15, 0.2) is 0 Å². The van der Waals surface area contributed by atoms with Gasteiger partial charge in [-0.15, -0.1) is 0 Å². The van der Waals surface area contributed by atoms with E-state index >= 15 is 0 Å². The fourth-order valence-electron chi connectivity index (χ4n) is 2.28. The zero-order valence-corrected chi connectivity index (χ0v) is 11.9. The lowest BCUT2D eigenvalue weighted by molar-refractivity contribution is -0.384. The molecule has 0 aliphatic carbocycles. The molecule has 0 bridgehead atoms. The van der Waals surface area contributed by atoms with Crippen LogP contribution in [0.15, 0.2) is 59.6 Å². The molecule has 23 heavy (non-hydrogen) atoms. The molecule has 0 aliphatic rings. The van der Waals surface area contributed by atoms with Gasteiger partial charge in [-0.3, -0.25) is 15.1 Å². The summed E-state index contributed by atoms with van der Waals surface area (Å²) < 4.78 is 0. The smallest absolute Gasteiger partial charge is 0.271 e. The summed E-state index contributed by atoms with van der Waals surface area (Å²) >= 11 is 0. The number of benzene rings is 3. The lowest BCUT2D eigenvalue weighted by atomic mass is 10.0. The molecular formula is C17H12N2O4. The number of nitrogens with zero attached hydrogens (tertiary/aromatic N) is 2. The van der Waals surface area contributed by atoms with Crippen LogP contribution in [-0.2, 0) is 0 Å². The maximum absolute atomic E-state index is 10.8. The van der Waals surface area contributed by atoms with Crippen molar-refractivity contribution >= 4 is 28.4 Å². The Morgan fingerprint density at radius 1 is 1.00 bits per heavy atom. The molecule has 0 aliphatic heterocycles. The van der Waals surface area contributed by atoms with Crippen LogP contribution in [-0.4, -0.2) is 21.4 Å². The van der Waals surface area contributed by atoms with Gasteiger partial charge in [0.1, 0.15) is 17.2 Å². The third-order valence-corrected chi connectivity index (χ3v) is 3.45. The molecule has 6 heteroatoms. The summed E-state index contributed by atoms with van der Waals surface area (Å²) in [6.45, 7) is 0. The Labute approximate surface area is 131 Å². The Hall–Kier alpha value is -3.41. The van der Waals surface area contributed by atoms with Crippen LogP contribution in [0.3, 0.4) is 0 Å². The second-order valence-corrected chi connectivity index (χ2v) is 4.91. The molecule has 0 saturated heterocycles. The minimum Gasteiger partial charge on any atom is -0.507 e. The van der Waals surface area contributed by atoms with Crippen molar-refractivity contribution in [2.24, 2.45) is 4.99 Å². The van der Waals surface area contributed by atoms with E-state index in [-0.39, 0.29) is 22.9 Å². The van der Waals surface area contributed by atoms with E-state index in [1.54, 1.807) is 12.1 Å². The molecule has 0 fully saturated rings. The Morgan fingerprint density at radius 2 is 1.74 bits per heavy atom. The van der Waals surface area contributed by atoms with Crippen molar-refractivity contribution in [2.75, 3.05) is 0 Å². The van der Waals surface area contributed by atoms with E-state index in [4.69, 9.17) is 0 Å². The number of nitro benzene ring substituents is 1. The Bertz CT molecular complexity index is 935. The van der Waals surface area contributed by atoms with Crippen LogP contribution >= 0.6 is 0 Å². The van der Waals surface area contributed by atoms with Gasteiger partial charge in [-0.25, -0.2) is 0 Å². The van der Waals surface area contributed by atoms with E-state index in [9.17, 15) is 20.3 Å². The zero-order valence-electron chi connectivity index (χ0n) is 11.9. The first-order valence-electron chi connectivity index (χ1n) is 6.78. The second kappa shape index (κ2) is 5.76. The van der Waals surface area contributed by atoms with Crippen LogP contribution in [0.4, 0.5) is 11.4 Å². The minimum atomic E-state index is -0.562. The number of hydrogen-bond acceptors (Lipinski definition) is 5. The van der Waals surface area contributed by atoms with Crippen molar-refractivity contribution in [1.82, 2.24) is 0 Å². The van der Waals surface area contributed by atoms with Crippen molar-refractivity contribution in [3.05, 3.63) is 70.3 Å². The molecule has 0 radical (unpaired) electrons. The van der Waals surface area contributed by atoms with E-state index < -0.39 is 4.92 Å². The highest BCUT2D eigenvalue weighted by molar-refractivity contribution is 6.03. The summed E-state index contributed by atoms with van der Waals surface area (Å²) in [5, 5.41) is 32.3. The SMILES string of the molecule is O=[N+]([O-])c1ccc(O)c(N=Cc2c(O)ccc3ccccc23)c1. The fourth-order valence-corrected chi connectivity index (χ4v) is 2.28. The topological polar surface area (TPSA) is 96.0 Å².